The summed E-state index contributed by atoms with van der Waals surface area (Å²) in [5.74, 6) is 0. The zero-order chi connectivity index (χ0) is 10.6. The summed E-state index contributed by atoms with van der Waals surface area (Å²) < 4.78 is 21.1. The van der Waals surface area contributed by atoms with Crippen molar-refractivity contribution in [3.63, 3.8) is 0 Å². The van der Waals surface area contributed by atoms with Crippen LogP contribution in [0.2, 0.25) is 0 Å². The molecule has 0 heterocycles. The summed E-state index contributed by atoms with van der Waals surface area (Å²) in [7, 11) is -1.86. The van der Waals surface area contributed by atoms with E-state index in [1.54, 1.807) is 0 Å². The van der Waals surface area contributed by atoms with Crippen LogP contribution in [0.5, 0.6) is 0 Å². The SMILES string of the molecule is CCCCCO[P+](=O)OCCCCC.[Co]. The van der Waals surface area contributed by atoms with Crippen molar-refractivity contribution in [2.24, 2.45) is 0 Å². The van der Waals surface area contributed by atoms with Crippen molar-refractivity contribution in [2.45, 2.75) is 52.4 Å². The minimum absolute atomic E-state index is 0. The summed E-state index contributed by atoms with van der Waals surface area (Å²) in [6.07, 6.45) is 6.48. The Kier molecular flexibility index (Phi) is 17.3. The molecule has 5 heteroatoms. The van der Waals surface area contributed by atoms with Crippen molar-refractivity contribution in [1.82, 2.24) is 0 Å². The van der Waals surface area contributed by atoms with Crippen molar-refractivity contribution < 1.29 is 30.4 Å². The Balaban J connectivity index is 0. The topological polar surface area (TPSA) is 35.5 Å². The minimum Gasteiger partial charge on any atom is -0.119 e. The maximum Gasteiger partial charge on any atom is 0.697 e. The average Bonchev–Trinajstić information content (AvgIpc) is 2.19. The van der Waals surface area contributed by atoms with Crippen molar-refractivity contribution in [2.75, 3.05) is 13.2 Å². The quantitative estimate of drug-likeness (QED) is 0.447. The monoisotopic (exact) mass is 280 g/mol. The molecule has 0 aromatic rings. The number of hydrogen-bond donors (Lipinski definition) is 0. The largest absolute Gasteiger partial charge is 0.697 e. The molecule has 0 saturated carbocycles. The van der Waals surface area contributed by atoms with E-state index < -0.39 is 8.25 Å². The van der Waals surface area contributed by atoms with E-state index >= 15 is 0 Å². The second-order valence-electron chi connectivity index (χ2n) is 3.30. The molecule has 0 aliphatic carbocycles. The van der Waals surface area contributed by atoms with Crippen molar-refractivity contribution in [1.29, 1.82) is 0 Å². The van der Waals surface area contributed by atoms with Crippen LogP contribution in [-0.2, 0) is 30.4 Å². The summed E-state index contributed by atoms with van der Waals surface area (Å²) in [5, 5.41) is 0. The van der Waals surface area contributed by atoms with Gasteiger partial charge in [-0.15, -0.1) is 9.05 Å². The first-order valence-electron chi connectivity index (χ1n) is 5.54. The molecule has 0 spiro atoms. The third kappa shape index (κ3) is 14.5. The normalized spacial score (nSPS) is 9.73. The van der Waals surface area contributed by atoms with Gasteiger partial charge in [0, 0.05) is 21.3 Å². The molecule has 0 amide bonds. The maximum absolute atomic E-state index is 11.1. The van der Waals surface area contributed by atoms with Crippen molar-refractivity contribution in [3.05, 3.63) is 0 Å². The van der Waals surface area contributed by atoms with Crippen LogP contribution >= 0.6 is 8.25 Å². The molecule has 1 radical (unpaired) electrons. The molecule has 3 nitrogen and oxygen atoms in total. The molecule has 0 rings (SSSR count). The van der Waals surface area contributed by atoms with E-state index in [1.807, 2.05) is 0 Å². The van der Waals surface area contributed by atoms with Gasteiger partial charge in [0.05, 0.1) is 0 Å². The molecule has 0 aliphatic heterocycles. The van der Waals surface area contributed by atoms with Gasteiger partial charge in [0.25, 0.3) is 0 Å². The Morgan fingerprint density at radius 1 is 0.867 bits per heavy atom. The van der Waals surface area contributed by atoms with Crippen LogP contribution in [0.15, 0.2) is 0 Å². The molecule has 0 unspecified atom stereocenters. The van der Waals surface area contributed by atoms with Gasteiger partial charge in [-0.2, -0.15) is 0 Å². The van der Waals surface area contributed by atoms with E-state index in [4.69, 9.17) is 9.05 Å². The van der Waals surface area contributed by atoms with Crippen LogP contribution in [0.4, 0.5) is 0 Å². The molecule has 0 aromatic heterocycles. The van der Waals surface area contributed by atoms with Gasteiger partial charge in [-0.25, -0.2) is 0 Å². The first-order valence-corrected chi connectivity index (χ1v) is 6.63. The summed E-state index contributed by atoms with van der Waals surface area (Å²) in [5.41, 5.74) is 0. The fourth-order valence-corrected chi connectivity index (χ4v) is 1.65. The third-order valence-electron chi connectivity index (χ3n) is 1.89. The summed E-state index contributed by atoms with van der Waals surface area (Å²) in [6, 6.07) is 0. The zero-order valence-corrected chi connectivity index (χ0v) is 11.6. The van der Waals surface area contributed by atoms with Gasteiger partial charge in [-0.05, 0) is 12.8 Å². The Bertz CT molecular complexity index is 131. The van der Waals surface area contributed by atoms with Crippen LogP contribution in [0.3, 0.4) is 0 Å². The predicted molar refractivity (Wildman–Crippen MR) is 58.6 cm³/mol. The second-order valence-corrected chi connectivity index (χ2v) is 4.27. The van der Waals surface area contributed by atoms with Crippen LogP contribution in [0, 0.1) is 0 Å². The van der Waals surface area contributed by atoms with Crippen molar-refractivity contribution >= 4 is 8.25 Å². The summed E-state index contributed by atoms with van der Waals surface area (Å²) >= 11 is 0. The average molecular weight is 280 g/mol. The molecule has 0 saturated heterocycles. The van der Waals surface area contributed by atoms with Gasteiger partial charge in [0.1, 0.15) is 13.2 Å². The molecule has 0 atom stereocenters. The molecule has 15 heavy (non-hydrogen) atoms. The standard InChI is InChI=1S/C10H22O3P.Co/c1-3-5-7-9-12-14(11)13-10-8-6-4-2;/h3-10H2,1-2H3;/q+1;. The Morgan fingerprint density at radius 3 is 1.60 bits per heavy atom. The van der Waals surface area contributed by atoms with Gasteiger partial charge in [-0.3, -0.25) is 0 Å². The summed E-state index contributed by atoms with van der Waals surface area (Å²) in [4.78, 5) is 0. The third-order valence-corrected chi connectivity index (χ3v) is 2.68. The first kappa shape index (κ1) is 17.9. The Morgan fingerprint density at radius 2 is 1.27 bits per heavy atom. The molecule has 0 N–H and O–H groups in total. The van der Waals surface area contributed by atoms with Crippen LogP contribution in [-0.4, -0.2) is 13.2 Å². The van der Waals surface area contributed by atoms with E-state index in [1.165, 1.54) is 0 Å². The minimum atomic E-state index is -1.86. The van der Waals surface area contributed by atoms with Gasteiger partial charge >= 0.3 is 8.25 Å². The van der Waals surface area contributed by atoms with E-state index in [2.05, 4.69) is 13.8 Å². The first-order chi connectivity index (χ1) is 6.81. The van der Waals surface area contributed by atoms with Crippen LogP contribution in [0.1, 0.15) is 52.4 Å². The van der Waals surface area contributed by atoms with Gasteiger partial charge < -0.3 is 0 Å². The molecular formula is C10H22CoO3P+. The zero-order valence-electron chi connectivity index (χ0n) is 9.66. The van der Waals surface area contributed by atoms with Crippen LogP contribution in [0.25, 0.3) is 0 Å². The van der Waals surface area contributed by atoms with Gasteiger partial charge in [0.2, 0.25) is 0 Å². The molecular weight excluding hydrogens is 258 g/mol. The van der Waals surface area contributed by atoms with E-state index in [-0.39, 0.29) is 16.8 Å². The number of rotatable bonds is 10. The van der Waals surface area contributed by atoms with Gasteiger partial charge in [-0.1, -0.05) is 39.5 Å². The maximum atomic E-state index is 11.1. The molecule has 0 aromatic carbocycles. The molecule has 0 bridgehead atoms. The predicted octanol–water partition coefficient (Wildman–Crippen LogP) is 4.05. The van der Waals surface area contributed by atoms with E-state index in [9.17, 15) is 4.57 Å². The van der Waals surface area contributed by atoms with Crippen molar-refractivity contribution in [3.8, 4) is 0 Å². The van der Waals surface area contributed by atoms with E-state index in [0.29, 0.717) is 13.2 Å². The van der Waals surface area contributed by atoms with Crippen LogP contribution < -0.4 is 0 Å². The molecule has 93 valence electrons. The fraction of sp³-hybridized carbons (Fsp3) is 1.00. The molecule has 0 fully saturated rings. The van der Waals surface area contributed by atoms with E-state index in [0.717, 1.165) is 38.5 Å². The number of hydrogen-bond acceptors (Lipinski definition) is 3. The number of unbranched alkanes of at least 4 members (excludes halogenated alkanes) is 4. The summed E-state index contributed by atoms with van der Waals surface area (Å²) in [6.45, 7) is 5.36. The fourth-order valence-electron chi connectivity index (χ4n) is 1.02. The van der Waals surface area contributed by atoms with Gasteiger partial charge in [0.15, 0.2) is 0 Å². The Labute approximate surface area is 104 Å². The molecule has 0 aliphatic rings. The second kappa shape index (κ2) is 14.5. The smallest absolute Gasteiger partial charge is 0.119 e. The Hall–Kier alpha value is 0.526.